The number of benzene rings is 3. The molecule has 0 saturated carbocycles. The van der Waals surface area contributed by atoms with E-state index in [-0.39, 0.29) is 38.7 Å². The van der Waals surface area contributed by atoms with Gasteiger partial charge in [-0.05, 0) is 66.6 Å². The van der Waals surface area contributed by atoms with Gasteiger partial charge >= 0.3 is 6.03 Å². The maximum Gasteiger partial charge on any atom is 0.335 e. The molecule has 3 aromatic carbocycles. The van der Waals surface area contributed by atoms with Gasteiger partial charge in [-0.25, -0.2) is 9.69 Å². The first kappa shape index (κ1) is 27.5. The largest absolute Gasteiger partial charge is 0.482 e. The Morgan fingerprint density at radius 3 is 2.37 bits per heavy atom. The highest BCUT2D eigenvalue weighted by Gasteiger charge is 2.37. The molecule has 194 valence electrons. The Labute approximate surface area is 237 Å². The molecule has 12 heteroatoms. The molecule has 1 heterocycles. The fraction of sp³-hybridized carbons (Fsp3) is 0.0769. The number of nitrogens with one attached hydrogen (secondary N) is 2. The van der Waals surface area contributed by atoms with Crippen molar-refractivity contribution in [3.63, 3.8) is 0 Å². The van der Waals surface area contributed by atoms with Crippen molar-refractivity contribution in [2.45, 2.75) is 6.92 Å². The van der Waals surface area contributed by atoms with Crippen LogP contribution < -0.4 is 20.3 Å². The minimum Gasteiger partial charge on any atom is -0.482 e. The number of ether oxygens (including phenoxy) is 1. The molecule has 1 aliphatic heterocycles. The predicted octanol–water partition coefficient (Wildman–Crippen LogP) is 6.29. The summed E-state index contributed by atoms with van der Waals surface area (Å²) in [5.41, 5.74) is 1.60. The van der Waals surface area contributed by atoms with Crippen molar-refractivity contribution in [3.8, 4) is 5.75 Å². The molecule has 1 fully saturated rings. The van der Waals surface area contributed by atoms with E-state index in [1.165, 1.54) is 42.5 Å². The van der Waals surface area contributed by atoms with Crippen LogP contribution in [0.25, 0.3) is 6.08 Å². The van der Waals surface area contributed by atoms with E-state index >= 15 is 0 Å². The molecule has 0 radical (unpaired) electrons. The second-order valence-corrected chi connectivity index (χ2v) is 9.68. The van der Waals surface area contributed by atoms with Crippen LogP contribution in [0.15, 0.2) is 60.2 Å². The van der Waals surface area contributed by atoms with Crippen LogP contribution in [0.2, 0.25) is 20.1 Å². The summed E-state index contributed by atoms with van der Waals surface area (Å²) in [5, 5.41) is 5.81. The van der Waals surface area contributed by atoms with E-state index in [1.807, 2.05) is 6.92 Å². The lowest BCUT2D eigenvalue weighted by Gasteiger charge is -2.26. The summed E-state index contributed by atoms with van der Waals surface area (Å²) in [6, 6.07) is 12.8. The number of nitrogens with zero attached hydrogens (tertiary/aromatic N) is 1. The van der Waals surface area contributed by atoms with Crippen LogP contribution in [0.5, 0.6) is 5.75 Å². The van der Waals surface area contributed by atoms with Gasteiger partial charge in [-0.2, -0.15) is 0 Å². The van der Waals surface area contributed by atoms with Crippen molar-refractivity contribution in [2.24, 2.45) is 0 Å². The first-order chi connectivity index (χ1) is 18.0. The number of barbiturate groups is 1. The normalized spacial score (nSPS) is 14.5. The van der Waals surface area contributed by atoms with Crippen molar-refractivity contribution in [2.75, 3.05) is 16.8 Å². The number of anilines is 2. The van der Waals surface area contributed by atoms with Crippen LogP contribution in [-0.2, 0) is 14.4 Å². The number of carbonyl (C=O) groups is 4. The fourth-order valence-corrected chi connectivity index (χ4v) is 4.13. The van der Waals surface area contributed by atoms with Crippen molar-refractivity contribution in [1.29, 1.82) is 0 Å². The third kappa shape index (κ3) is 6.11. The Kier molecular flexibility index (Phi) is 8.28. The van der Waals surface area contributed by atoms with E-state index in [0.29, 0.717) is 16.3 Å². The van der Waals surface area contributed by atoms with E-state index < -0.39 is 23.8 Å². The van der Waals surface area contributed by atoms with Crippen LogP contribution in [0.4, 0.5) is 16.2 Å². The van der Waals surface area contributed by atoms with Crippen LogP contribution >= 0.6 is 46.4 Å². The lowest BCUT2D eigenvalue weighted by atomic mass is 10.1. The molecule has 8 nitrogen and oxygen atoms in total. The maximum absolute atomic E-state index is 13.1. The maximum atomic E-state index is 13.1. The van der Waals surface area contributed by atoms with Gasteiger partial charge in [0.1, 0.15) is 11.3 Å². The van der Waals surface area contributed by atoms with Crippen LogP contribution in [0, 0.1) is 6.92 Å². The van der Waals surface area contributed by atoms with Crippen LogP contribution in [0.1, 0.15) is 11.1 Å². The van der Waals surface area contributed by atoms with Gasteiger partial charge in [0.15, 0.2) is 6.61 Å². The Bertz CT molecular complexity index is 1520. The number of hydrogen-bond donors (Lipinski definition) is 2. The molecular formula is C26H17Cl4N3O5. The molecule has 3 aromatic rings. The summed E-state index contributed by atoms with van der Waals surface area (Å²) >= 11 is 24.3. The molecule has 0 bridgehead atoms. The van der Waals surface area contributed by atoms with E-state index in [9.17, 15) is 19.2 Å². The molecule has 0 atom stereocenters. The van der Waals surface area contributed by atoms with Gasteiger partial charge in [-0.15, -0.1) is 0 Å². The number of imide groups is 2. The summed E-state index contributed by atoms with van der Waals surface area (Å²) in [6.07, 6.45) is 1.28. The van der Waals surface area contributed by atoms with Crippen molar-refractivity contribution >= 4 is 87.6 Å². The summed E-state index contributed by atoms with van der Waals surface area (Å²) in [6.45, 7) is 1.52. The van der Waals surface area contributed by atoms with Gasteiger partial charge in [0.2, 0.25) is 0 Å². The van der Waals surface area contributed by atoms with Crippen molar-refractivity contribution < 1.29 is 23.9 Å². The number of hydrogen-bond acceptors (Lipinski definition) is 5. The van der Waals surface area contributed by atoms with Crippen molar-refractivity contribution in [1.82, 2.24) is 5.32 Å². The first-order valence-electron chi connectivity index (χ1n) is 10.9. The molecule has 0 unspecified atom stereocenters. The lowest BCUT2D eigenvalue weighted by molar-refractivity contribution is -0.122. The standard InChI is InChI=1S/C26H17Cl4N3O5/c1-13-2-4-15(10-19(13)28)31-23(34)12-38-22-7-3-14(9-21(22)30)8-17-24(35)32-26(37)33(25(17)36)16-5-6-18(27)20(29)11-16/h2-11H,12H2,1H3,(H,31,34)(H,32,35,37)/b17-8-. The number of halogens is 4. The number of urea groups is 1. The molecule has 1 saturated heterocycles. The molecule has 1 aliphatic rings. The monoisotopic (exact) mass is 591 g/mol. The summed E-state index contributed by atoms with van der Waals surface area (Å²) in [5.74, 6) is -1.95. The minimum absolute atomic E-state index is 0.130. The number of amides is 5. The third-order valence-electron chi connectivity index (χ3n) is 5.34. The van der Waals surface area contributed by atoms with Crippen LogP contribution in [0.3, 0.4) is 0 Å². The molecule has 4 rings (SSSR count). The summed E-state index contributed by atoms with van der Waals surface area (Å²) in [7, 11) is 0. The molecule has 5 amide bonds. The summed E-state index contributed by atoms with van der Waals surface area (Å²) < 4.78 is 5.50. The zero-order valence-corrected chi connectivity index (χ0v) is 22.5. The molecular weight excluding hydrogens is 576 g/mol. The fourth-order valence-electron chi connectivity index (χ4n) is 3.42. The van der Waals surface area contributed by atoms with E-state index in [0.717, 1.165) is 10.5 Å². The lowest BCUT2D eigenvalue weighted by Crippen LogP contribution is -2.54. The minimum atomic E-state index is -0.927. The average molecular weight is 593 g/mol. The topological polar surface area (TPSA) is 105 Å². The van der Waals surface area contributed by atoms with Gasteiger partial charge in [0.05, 0.1) is 20.8 Å². The Balaban J connectivity index is 1.48. The van der Waals surface area contributed by atoms with Gasteiger partial charge in [-0.1, -0.05) is 58.5 Å². The number of aryl methyl sites for hydroxylation is 1. The zero-order valence-electron chi connectivity index (χ0n) is 19.5. The van der Waals surface area contributed by atoms with Crippen molar-refractivity contribution in [3.05, 3.63) is 91.4 Å². The molecule has 0 aliphatic carbocycles. The smallest absolute Gasteiger partial charge is 0.335 e. The Morgan fingerprint density at radius 2 is 1.68 bits per heavy atom. The quantitative estimate of drug-likeness (QED) is 0.258. The highest BCUT2D eigenvalue weighted by molar-refractivity contribution is 6.43. The van der Waals surface area contributed by atoms with Crippen LogP contribution in [-0.4, -0.2) is 30.4 Å². The third-order valence-corrected chi connectivity index (χ3v) is 6.79. The second-order valence-electron chi connectivity index (χ2n) is 8.05. The zero-order chi connectivity index (χ0) is 27.6. The molecule has 0 aromatic heterocycles. The van der Waals surface area contributed by atoms with Gasteiger partial charge in [0, 0.05) is 10.7 Å². The predicted molar refractivity (Wildman–Crippen MR) is 147 cm³/mol. The van der Waals surface area contributed by atoms with Gasteiger partial charge < -0.3 is 10.1 Å². The van der Waals surface area contributed by atoms with E-state index in [2.05, 4.69) is 10.6 Å². The van der Waals surface area contributed by atoms with Gasteiger partial charge in [0.25, 0.3) is 17.7 Å². The molecule has 2 N–H and O–H groups in total. The first-order valence-corrected chi connectivity index (χ1v) is 12.4. The SMILES string of the molecule is Cc1ccc(NC(=O)COc2ccc(/C=C3/C(=O)NC(=O)N(c4ccc(Cl)c(Cl)c4)C3=O)cc2Cl)cc1Cl. The molecule has 0 spiro atoms. The molecule has 38 heavy (non-hydrogen) atoms. The van der Waals surface area contributed by atoms with E-state index in [1.54, 1.807) is 18.2 Å². The summed E-state index contributed by atoms with van der Waals surface area (Å²) in [4.78, 5) is 50.9. The number of carbonyl (C=O) groups excluding carboxylic acids is 4. The number of rotatable bonds is 6. The Morgan fingerprint density at radius 1 is 0.921 bits per heavy atom. The second kappa shape index (κ2) is 11.4. The highest BCUT2D eigenvalue weighted by Crippen LogP contribution is 2.31. The average Bonchev–Trinajstić information content (AvgIpc) is 2.85. The van der Waals surface area contributed by atoms with E-state index in [4.69, 9.17) is 51.1 Å². The Hall–Kier alpha value is -3.56. The van der Waals surface area contributed by atoms with Gasteiger partial charge in [-0.3, -0.25) is 19.7 Å². The highest BCUT2D eigenvalue weighted by atomic mass is 35.5.